The first-order valence-corrected chi connectivity index (χ1v) is 7.41. The molecule has 3 rings (SSSR count). The molecule has 110 valence electrons. The second-order valence-corrected chi connectivity index (χ2v) is 5.56. The number of nitrogens with zero attached hydrogens (tertiary/aromatic N) is 2. The quantitative estimate of drug-likeness (QED) is 0.933. The van der Waals surface area contributed by atoms with Gasteiger partial charge < -0.3 is 10.2 Å². The highest BCUT2D eigenvalue weighted by atomic mass is 19.1. The Morgan fingerprint density at radius 2 is 2.00 bits per heavy atom. The lowest BCUT2D eigenvalue weighted by molar-refractivity contribution is 0.523. The molecule has 0 unspecified atom stereocenters. The monoisotopic (exact) mass is 285 g/mol. The van der Waals surface area contributed by atoms with Crippen molar-refractivity contribution in [1.29, 1.82) is 0 Å². The topological polar surface area (TPSA) is 28.2 Å². The van der Waals surface area contributed by atoms with E-state index in [-0.39, 0.29) is 5.82 Å². The van der Waals surface area contributed by atoms with Crippen LogP contribution in [0.5, 0.6) is 0 Å². The van der Waals surface area contributed by atoms with Gasteiger partial charge in [0.2, 0.25) is 0 Å². The molecule has 0 spiro atoms. The van der Waals surface area contributed by atoms with Crippen LogP contribution in [0, 0.1) is 12.7 Å². The summed E-state index contributed by atoms with van der Waals surface area (Å²) in [5, 5.41) is 3.51. The predicted molar refractivity (Wildman–Crippen MR) is 84.2 cm³/mol. The summed E-state index contributed by atoms with van der Waals surface area (Å²) in [6.07, 6.45) is 3.96. The molecular formula is C17H20FN3. The summed E-state index contributed by atoms with van der Waals surface area (Å²) in [5.74, 6) is 0.902. The van der Waals surface area contributed by atoms with Gasteiger partial charge >= 0.3 is 0 Å². The minimum absolute atomic E-state index is 0.148. The summed E-state index contributed by atoms with van der Waals surface area (Å²) >= 11 is 0. The highest BCUT2D eigenvalue weighted by molar-refractivity contribution is 5.47. The van der Waals surface area contributed by atoms with E-state index in [0.29, 0.717) is 11.6 Å². The van der Waals surface area contributed by atoms with Crippen molar-refractivity contribution in [3.63, 3.8) is 0 Å². The molecule has 0 amide bonds. The number of aromatic nitrogens is 1. The fraction of sp³-hybridized carbons (Fsp3) is 0.353. The van der Waals surface area contributed by atoms with Gasteiger partial charge in [0, 0.05) is 31.0 Å². The molecule has 2 heterocycles. The molecule has 3 nitrogen and oxygen atoms in total. The first-order chi connectivity index (χ1) is 10.2. The summed E-state index contributed by atoms with van der Waals surface area (Å²) < 4.78 is 13.3. The van der Waals surface area contributed by atoms with Gasteiger partial charge in [-0.1, -0.05) is 6.07 Å². The number of anilines is 2. The van der Waals surface area contributed by atoms with Crippen molar-refractivity contribution < 1.29 is 4.39 Å². The number of rotatable bonds is 3. The zero-order valence-electron chi connectivity index (χ0n) is 12.2. The van der Waals surface area contributed by atoms with Crippen molar-refractivity contribution in [3.8, 4) is 0 Å². The van der Waals surface area contributed by atoms with Crippen LogP contribution in [0.15, 0.2) is 42.6 Å². The van der Waals surface area contributed by atoms with Crippen LogP contribution in [0.3, 0.4) is 0 Å². The molecule has 0 bridgehead atoms. The highest BCUT2D eigenvalue weighted by Crippen LogP contribution is 2.21. The van der Waals surface area contributed by atoms with Crippen LogP contribution < -0.4 is 10.2 Å². The normalized spacial score (nSPS) is 16.0. The van der Waals surface area contributed by atoms with Crippen LogP contribution in [0.1, 0.15) is 18.4 Å². The van der Waals surface area contributed by atoms with Crippen molar-refractivity contribution in [2.45, 2.75) is 25.8 Å². The number of halogens is 1. The van der Waals surface area contributed by atoms with E-state index in [2.05, 4.69) is 21.3 Å². The molecule has 0 atom stereocenters. The van der Waals surface area contributed by atoms with Gasteiger partial charge in [0.25, 0.3) is 0 Å². The van der Waals surface area contributed by atoms with Crippen LogP contribution in [0.25, 0.3) is 0 Å². The van der Waals surface area contributed by atoms with E-state index in [1.54, 1.807) is 6.92 Å². The maximum Gasteiger partial charge on any atom is 0.128 e. The predicted octanol–water partition coefficient (Wildman–Crippen LogP) is 3.61. The van der Waals surface area contributed by atoms with Gasteiger partial charge in [0.15, 0.2) is 0 Å². The second-order valence-electron chi connectivity index (χ2n) is 5.56. The van der Waals surface area contributed by atoms with Crippen molar-refractivity contribution in [2.24, 2.45) is 0 Å². The van der Waals surface area contributed by atoms with Crippen molar-refractivity contribution in [3.05, 3.63) is 54.0 Å². The van der Waals surface area contributed by atoms with Crippen molar-refractivity contribution in [2.75, 3.05) is 23.3 Å². The Morgan fingerprint density at radius 3 is 2.67 bits per heavy atom. The zero-order valence-corrected chi connectivity index (χ0v) is 12.2. The lowest BCUT2D eigenvalue weighted by atomic mass is 10.0. The first-order valence-electron chi connectivity index (χ1n) is 7.41. The van der Waals surface area contributed by atoms with Crippen LogP contribution >= 0.6 is 0 Å². The molecule has 0 radical (unpaired) electrons. The van der Waals surface area contributed by atoms with E-state index in [4.69, 9.17) is 0 Å². The molecule has 0 saturated carbocycles. The number of hydrogen-bond acceptors (Lipinski definition) is 3. The molecule has 1 aromatic carbocycles. The van der Waals surface area contributed by atoms with Gasteiger partial charge in [-0.2, -0.15) is 0 Å². The zero-order chi connectivity index (χ0) is 14.7. The molecule has 0 aliphatic carbocycles. The van der Waals surface area contributed by atoms with Crippen LogP contribution in [0.2, 0.25) is 0 Å². The van der Waals surface area contributed by atoms with E-state index in [9.17, 15) is 4.39 Å². The average Bonchev–Trinajstić information content (AvgIpc) is 2.53. The Balaban J connectivity index is 1.57. The molecule has 1 saturated heterocycles. The molecule has 1 fully saturated rings. The van der Waals surface area contributed by atoms with Crippen LogP contribution in [-0.4, -0.2) is 24.1 Å². The lowest BCUT2D eigenvalue weighted by Crippen LogP contribution is -2.39. The number of piperidine rings is 1. The third kappa shape index (κ3) is 3.32. The average molecular weight is 285 g/mol. The van der Waals surface area contributed by atoms with E-state index in [1.807, 2.05) is 30.5 Å². The second kappa shape index (κ2) is 6.12. The number of aryl methyl sites for hydroxylation is 1. The van der Waals surface area contributed by atoms with Gasteiger partial charge in [-0.25, -0.2) is 9.37 Å². The molecule has 1 aromatic heterocycles. The number of nitrogens with one attached hydrogen (secondary N) is 1. The van der Waals surface area contributed by atoms with Gasteiger partial charge in [-0.15, -0.1) is 0 Å². The summed E-state index contributed by atoms with van der Waals surface area (Å²) in [6.45, 7) is 3.79. The Bertz CT molecular complexity index is 592. The van der Waals surface area contributed by atoms with Crippen molar-refractivity contribution in [1.82, 2.24) is 4.98 Å². The Labute approximate surface area is 124 Å². The summed E-state index contributed by atoms with van der Waals surface area (Å²) in [4.78, 5) is 6.71. The fourth-order valence-corrected chi connectivity index (χ4v) is 2.76. The maximum atomic E-state index is 13.3. The minimum Gasteiger partial charge on any atom is -0.382 e. The number of benzene rings is 1. The summed E-state index contributed by atoms with van der Waals surface area (Å²) in [7, 11) is 0. The summed E-state index contributed by atoms with van der Waals surface area (Å²) in [5.41, 5.74) is 1.69. The van der Waals surface area contributed by atoms with Crippen LogP contribution in [-0.2, 0) is 0 Å². The smallest absolute Gasteiger partial charge is 0.128 e. The SMILES string of the molecule is Cc1cc(NC2CCN(c3ccccn3)CC2)ccc1F. The minimum atomic E-state index is -0.148. The van der Waals surface area contributed by atoms with E-state index >= 15 is 0 Å². The molecular weight excluding hydrogens is 265 g/mol. The molecule has 1 N–H and O–H groups in total. The third-order valence-corrected chi connectivity index (χ3v) is 4.00. The van der Waals surface area contributed by atoms with E-state index in [0.717, 1.165) is 37.4 Å². The fourth-order valence-electron chi connectivity index (χ4n) is 2.76. The third-order valence-electron chi connectivity index (χ3n) is 4.00. The molecule has 4 heteroatoms. The number of pyridine rings is 1. The Hall–Kier alpha value is -2.10. The molecule has 2 aromatic rings. The number of hydrogen-bond donors (Lipinski definition) is 1. The molecule has 1 aliphatic heterocycles. The van der Waals surface area contributed by atoms with Crippen molar-refractivity contribution >= 4 is 11.5 Å². The Morgan fingerprint density at radius 1 is 1.19 bits per heavy atom. The highest BCUT2D eigenvalue weighted by Gasteiger charge is 2.19. The standard InChI is InChI=1S/C17H20FN3/c1-13-12-15(5-6-16(13)18)20-14-7-10-21(11-8-14)17-4-2-3-9-19-17/h2-6,9,12,14,20H,7-8,10-11H2,1H3. The maximum absolute atomic E-state index is 13.3. The van der Waals surface area contributed by atoms with Gasteiger partial charge in [0.05, 0.1) is 0 Å². The Kier molecular flexibility index (Phi) is 4.04. The molecule has 1 aliphatic rings. The van der Waals surface area contributed by atoms with Gasteiger partial charge in [0.1, 0.15) is 11.6 Å². The largest absolute Gasteiger partial charge is 0.382 e. The lowest BCUT2D eigenvalue weighted by Gasteiger charge is -2.33. The van der Waals surface area contributed by atoms with Gasteiger partial charge in [-0.3, -0.25) is 0 Å². The first kappa shape index (κ1) is 13.9. The van der Waals surface area contributed by atoms with E-state index in [1.165, 1.54) is 6.07 Å². The van der Waals surface area contributed by atoms with Gasteiger partial charge in [-0.05, 0) is 55.7 Å². The molecule has 21 heavy (non-hydrogen) atoms. The van der Waals surface area contributed by atoms with E-state index < -0.39 is 0 Å². The van der Waals surface area contributed by atoms with Crippen LogP contribution in [0.4, 0.5) is 15.9 Å². The summed E-state index contributed by atoms with van der Waals surface area (Å²) in [6, 6.07) is 11.7.